The van der Waals surface area contributed by atoms with Crippen molar-refractivity contribution in [1.29, 1.82) is 0 Å². The van der Waals surface area contributed by atoms with Crippen molar-refractivity contribution in [3.63, 3.8) is 0 Å². The van der Waals surface area contributed by atoms with Crippen LogP contribution >= 0.6 is 22.7 Å². The van der Waals surface area contributed by atoms with Crippen molar-refractivity contribution in [1.82, 2.24) is 0 Å². The Balaban J connectivity index is 1.69. The predicted octanol–water partition coefficient (Wildman–Crippen LogP) is 7.71. The van der Waals surface area contributed by atoms with Crippen LogP contribution in [-0.2, 0) is 12.8 Å². The molecule has 0 saturated carbocycles. The maximum atomic E-state index is 2.42. The quantitative estimate of drug-likeness (QED) is 0.368. The molecule has 0 bridgehead atoms. The summed E-state index contributed by atoms with van der Waals surface area (Å²) in [5.41, 5.74) is 2.81. The highest BCUT2D eigenvalue weighted by atomic mass is 32.1. The van der Waals surface area contributed by atoms with Gasteiger partial charge in [-0.1, -0.05) is 63.8 Å². The summed E-state index contributed by atoms with van der Waals surface area (Å²) >= 11 is 3.94. The first-order valence-corrected chi connectivity index (χ1v) is 10.5. The van der Waals surface area contributed by atoms with Crippen molar-refractivity contribution < 1.29 is 0 Å². The molecule has 0 N–H and O–H groups in total. The molecule has 0 aliphatic rings. The normalized spacial score (nSPS) is 11.4. The highest BCUT2D eigenvalue weighted by Crippen LogP contribution is 2.38. The largest absolute Gasteiger partial charge is 0.139 e. The average molecular weight is 343 g/mol. The van der Waals surface area contributed by atoms with Crippen LogP contribution in [0.3, 0.4) is 0 Å². The van der Waals surface area contributed by atoms with Gasteiger partial charge in [-0.05, 0) is 42.5 Å². The summed E-state index contributed by atoms with van der Waals surface area (Å²) in [5.74, 6) is 0. The third-order valence-electron chi connectivity index (χ3n) is 4.31. The fourth-order valence-electron chi connectivity index (χ4n) is 3.00. The molecule has 3 rings (SSSR count). The Morgan fingerprint density at radius 1 is 0.739 bits per heavy atom. The van der Waals surface area contributed by atoms with Crippen LogP contribution in [0.15, 0.2) is 36.4 Å². The van der Waals surface area contributed by atoms with E-state index in [2.05, 4.69) is 50.2 Å². The van der Waals surface area contributed by atoms with Crippen molar-refractivity contribution >= 4 is 32.1 Å². The first-order chi connectivity index (χ1) is 11.3. The van der Waals surface area contributed by atoms with E-state index in [0.717, 1.165) is 0 Å². The van der Waals surface area contributed by atoms with Gasteiger partial charge in [0.25, 0.3) is 0 Å². The van der Waals surface area contributed by atoms with E-state index in [9.17, 15) is 0 Å². The third kappa shape index (κ3) is 4.24. The number of hydrogen-bond donors (Lipinski definition) is 0. The standard InChI is InChI=1S/C21H26S2/c1-3-5-6-7-9-18-14-20-21(22-18)15-19(23-20)17-12-10-16(8-4-2)11-13-17/h10-15H,3-9H2,1-2H3. The van der Waals surface area contributed by atoms with E-state index < -0.39 is 0 Å². The molecule has 0 aliphatic heterocycles. The zero-order chi connectivity index (χ0) is 16.1. The van der Waals surface area contributed by atoms with Crippen molar-refractivity contribution in [2.45, 2.75) is 58.8 Å². The summed E-state index contributed by atoms with van der Waals surface area (Å²) < 4.78 is 2.93. The summed E-state index contributed by atoms with van der Waals surface area (Å²) in [6.45, 7) is 4.51. The first-order valence-electron chi connectivity index (χ1n) is 8.91. The number of aryl methyl sites for hydroxylation is 2. The molecule has 2 aromatic heterocycles. The molecule has 0 atom stereocenters. The Morgan fingerprint density at radius 3 is 2.22 bits per heavy atom. The Hall–Kier alpha value is -1.12. The smallest absolute Gasteiger partial charge is 0.0460 e. The molecule has 0 radical (unpaired) electrons. The fourth-order valence-corrected chi connectivity index (χ4v) is 5.47. The predicted molar refractivity (Wildman–Crippen MR) is 107 cm³/mol. The highest BCUT2D eigenvalue weighted by Gasteiger charge is 2.08. The van der Waals surface area contributed by atoms with E-state index >= 15 is 0 Å². The van der Waals surface area contributed by atoms with E-state index in [1.54, 1.807) is 4.88 Å². The second kappa shape index (κ2) is 8.12. The van der Waals surface area contributed by atoms with Gasteiger partial charge in [-0.2, -0.15) is 0 Å². The van der Waals surface area contributed by atoms with E-state index in [1.807, 2.05) is 22.7 Å². The molecule has 0 aliphatic carbocycles. The van der Waals surface area contributed by atoms with Gasteiger partial charge in [0.2, 0.25) is 0 Å². The van der Waals surface area contributed by atoms with E-state index in [4.69, 9.17) is 0 Å². The average Bonchev–Trinajstić information content (AvgIpc) is 3.11. The summed E-state index contributed by atoms with van der Waals surface area (Å²) in [4.78, 5) is 2.97. The molecule has 0 spiro atoms. The van der Waals surface area contributed by atoms with Crippen LogP contribution in [0.2, 0.25) is 0 Å². The molecule has 2 heteroatoms. The number of thiophene rings is 2. The second-order valence-corrected chi connectivity index (χ2v) is 8.56. The number of rotatable bonds is 8. The van der Waals surface area contributed by atoms with Gasteiger partial charge in [0.15, 0.2) is 0 Å². The minimum Gasteiger partial charge on any atom is -0.139 e. The van der Waals surface area contributed by atoms with Crippen molar-refractivity contribution in [2.24, 2.45) is 0 Å². The lowest BCUT2D eigenvalue weighted by atomic mass is 10.1. The Kier molecular flexibility index (Phi) is 5.91. The molecule has 0 saturated heterocycles. The van der Waals surface area contributed by atoms with Gasteiger partial charge in [-0.15, -0.1) is 22.7 Å². The van der Waals surface area contributed by atoms with E-state index in [1.165, 1.54) is 70.3 Å². The van der Waals surface area contributed by atoms with Gasteiger partial charge >= 0.3 is 0 Å². The summed E-state index contributed by atoms with van der Waals surface area (Å²) in [6, 6.07) is 13.9. The van der Waals surface area contributed by atoms with Crippen molar-refractivity contribution in [2.75, 3.05) is 0 Å². The Morgan fingerprint density at radius 2 is 1.52 bits per heavy atom. The zero-order valence-electron chi connectivity index (χ0n) is 14.2. The Labute approximate surface area is 148 Å². The lowest BCUT2D eigenvalue weighted by Crippen LogP contribution is -1.82. The molecule has 0 nitrogen and oxygen atoms in total. The molecule has 23 heavy (non-hydrogen) atoms. The number of unbranched alkanes of at least 4 members (excludes halogenated alkanes) is 3. The fraction of sp³-hybridized carbons (Fsp3) is 0.429. The van der Waals surface area contributed by atoms with Gasteiger partial charge in [0.05, 0.1) is 0 Å². The van der Waals surface area contributed by atoms with Crippen LogP contribution in [0.25, 0.3) is 19.8 Å². The van der Waals surface area contributed by atoms with E-state index in [0.29, 0.717) is 0 Å². The Bertz CT molecular complexity index is 699. The van der Waals surface area contributed by atoms with Crippen LogP contribution in [0.4, 0.5) is 0 Å². The van der Waals surface area contributed by atoms with Gasteiger partial charge in [0.1, 0.15) is 0 Å². The monoisotopic (exact) mass is 342 g/mol. The SMILES string of the molecule is CCCCCCc1cc2sc(-c3ccc(CCC)cc3)cc2s1. The van der Waals surface area contributed by atoms with Crippen LogP contribution in [-0.4, -0.2) is 0 Å². The van der Waals surface area contributed by atoms with Gasteiger partial charge in [-0.25, -0.2) is 0 Å². The summed E-state index contributed by atoms with van der Waals surface area (Å²) in [5, 5.41) is 0. The highest BCUT2D eigenvalue weighted by molar-refractivity contribution is 7.29. The van der Waals surface area contributed by atoms with Crippen LogP contribution in [0, 0.1) is 0 Å². The number of fused-ring (bicyclic) bond motifs is 1. The van der Waals surface area contributed by atoms with Crippen LogP contribution in [0.1, 0.15) is 56.4 Å². The topological polar surface area (TPSA) is 0 Å². The van der Waals surface area contributed by atoms with Crippen LogP contribution < -0.4 is 0 Å². The minimum absolute atomic E-state index is 1.18. The molecule has 0 amide bonds. The van der Waals surface area contributed by atoms with Crippen molar-refractivity contribution in [3.8, 4) is 10.4 Å². The summed E-state index contributed by atoms with van der Waals surface area (Å²) in [6.07, 6.45) is 9.06. The molecule has 122 valence electrons. The maximum Gasteiger partial charge on any atom is 0.0460 e. The van der Waals surface area contributed by atoms with Gasteiger partial charge in [-0.3, -0.25) is 0 Å². The molecule has 0 unspecified atom stereocenters. The lowest BCUT2D eigenvalue weighted by molar-refractivity contribution is 0.670. The van der Waals surface area contributed by atoms with Gasteiger partial charge < -0.3 is 0 Å². The molecule has 2 heterocycles. The number of hydrogen-bond acceptors (Lipinski definition) is 2. The maximum absolute atomic E-state index is 2.42. The molecule has 0 fully saturated rings. The molecule has 3 aromatic rings. The van der Waals surface area contributed by atoms with Crippen molar-refractivity contribution in [3.05, 3.63) is 46.8 Å². The minimum atomic E-state index is 1.18. The zero-order valence-corrected chi connectivity index (χ0v) is 15.9. The first kappa shape index (κ1) is 16.7. The third-order valence-corrected chi connectivity index (χ3v) is 6.71. The molecular formula is C21H26S2. The summed E-state index contributed by atoms with van der Waals surface area (Å²) in [7, 11) is 0. The lowest BCUT2D eigenvalue weighted by Gasteiger charge is -2.01. The molecular weight excluding hydrogens is 316 g/mol. The second-order valence-electron chi connectivity index (χ2n) is 6.31. The molecule has 1 aromatic carbocycles. The van der Waals surface area contributed by atoms with Gasteiger partial charge in [0, 0.05) is 19.2 Å². The van der Waals surface area contributed by atoms with E-state index in [-0.39, 0.29) is 0 Å². The van der Waals surface area contributed by atoms with Crippen LogP contribution in [0.5, 0.6) is 0 Å². The number of benzene rings is 1.